The number of aryl methyl sites for hydroxylation is 1. The molecule has 4 nitrogen and oxygen atoms in total. The third kappa shape index (κ3) is 2.69. The summed E-state index contributed by atoms with van der Waals surface area (Å²) in [4.78, 5) is 10.9. The summed E-state index contributed by atoms with van der Waals surface area (Å²) in [6, 6.07) is 0. The number of aliphatic hydroxyl groups excluding tert-OH is 1. The molecule has 5 heteroatoms. The molecule has 94 valence electrons. The molecule has 0 radical (unpaired) electrons. The molecular weight excluding hydrogens is 238 g/mol. The third-order valence-electron chi connectivity index (χ3n) is 3.34. The fourth-order valence-corrected chi connectivity index (χ4v) is 2.42. The smallest absolute Gasteiger partial charge is 0.137 e. The molecule has 2 heterocycles. The van der Waals surface area contributed by atoms with Gasteiger partial charge in [0.1, 0.15) is 16.8 Å². The van der Waals surface area contributed by atoms with E-state index >= 15 is 0 Å². The Balaban J connectivity index is 2.18. The average Bonchev–Trinajstić information content (AvgIpc) is 2.34. The van der Waals surface area contributed by atoms with Gasteiger partial charge in [0.05, 0.1) is 0 Å². The molecule has 0 spiro atoms. The van der Waals surface area contributed by atoms with Crippen LogP contribution in [-0.4, -0.2) is 34.8 Å². The van der Waals surface area contributed by atoms with Crippen LogP contribution in [0.5, 0.6) is 0 Å². The molecule has 1 aliphatic rings. The van der Waals surface area contributed by atoms with E-state index in [9.17, 15) is 0 Å². The second-order valence-corrected chi connectivity index (χ2v) is 4.98. The lowest BCUT2D eigenvalue weighted by Gasteiger charge is -2.33. The molecule has 1 N–H and O–H groups in total. The molecule has 1 aromatic heterocycles. The van der Waals surface area contributed by atoms with Crippen LogP contribution in [0.25, 0.3) is 0 Å². The highest BCUT2D eigenvalue weighted by atomic mass is 35.5. The summed E-state index contributed by atoms with van der Waals surface area (Å²) in [6.45, 7) is 5.96. The number of aliphatic hydroxyl groups is 1. The Hall–Kier alpha value is -0.870. The first-order valence-electron chi connectivity index (χ1n) is 5.98. The molecule has 0 bridgehead atoms. The monoisotopic (exact) mass is 255 g/mol. The van der Waals surface area contributed by atoms with Crippen LogP contribution in [0.3, 0.4) is 0 Å². The second-order valence-electron chi connectivity index (χ2n) is 4.62. The van der Waals surface area contributed by atoms with E-state index in [0.29, 0.717) is 16.9 Å². The Bertz CT molecular complexity index is 403. The highest BCUT2D eigenvalue weighted by Gasteiger charge is 2.21. The lowest BCUT2D eigenvalue weighted by molar-refractivity contribution is 0.202. The van der Waals surface area contributed by atoms with Gasteiger partial charge in [-0.1, -0.05) is 11.6 Å². The van der Waals surface area contributed by atoms with Gasteiger partial charge in [0.25, 0.3) is 0 Å². The van der Waals surface area contributed by atoms with Crippen molar-refractivity contribution in [2.45, 2.75) is 26.7 Å². The number of hydrogen-bond acceptors (Lipinski definition) is 4. The van der Waals surface area contributed by atoms with Gasteiger partial charge in [-0.05, 0) is 32.6 Å². The minimum absolute atomic E-state index is 0.288. The number of aromatic nitrogens is 2. The highest BCUT2D eigenvalue weighted by Crippen LogP contribution is 2.27. The van der Waals surface area contributed by atoms with E-state index in [4.69, 9.17) is 16.7 Å². The molecule has 2 rings (SSSR count). The summed E-state index contributed by atoms with van der Waals surface area (Å²) in [7, 11) is 0. The van der Waals surface area contributed by atoms with Gasteiger partial charge in [-0.15, -0.1) is 0 Å². The second kappa shape index (κ2) is 5.19. The third-order valence-corrected chi connectivity index (χ3v) is 3.71. The van der Waals surface area contributed by atoms with E-state index in [1.54, 1.807) is 0 Å². The first kappa shape index (κ1) is 12.6. The van der Waals surface area contributed by atoms with E-state index < -0.39 is 0 Å². The van der Waals surface area contributed by atoms with Crippen molar-refractivity contribution >= 4 is 17.4 Å². The zero-order chi connectivity index (χ0) is 12.4. The van der Waals surface area contributed by atoms with Gasteiger partial charge in [-0.25, -0.2) is 9.97 Å². The minimum Gasteiger partial charge on any atom is -0.396 e. The Kier molecular flexibility index (Phi) is 3.84. The van der Waals surface area contributed by atoms with Gasteiger partial charge in [0, 0.05) is 25.3 Å². The quantitative estimate of drug-likeness (QED) is 0.821. The molecule has 0 amide bonds. The predicted molar refractivity (Wildman–Crippen MR) is 68.5 cm³/mol. The van der Waals surface area contributed by atoms with Crippen molar-refractivity contribution in [3.63, 3.8) is 0 Å². The standard InChI is InChI=1S/C12H18ClN3O/c1-8-11(13)14-9(2)15-12(8)16-5-3-10(7-17)4-6-16/h10,17H,3-7H2,1-2H3. The largest absolute Gasteiger partial charge is 0.396 e. The number of hydrogen-bond donors (Lipinski definition) is 1. The van der Waals surface area contributed by atoms with E-state index in [-0.39, 0.29) is 6.61 Å². The maximum atomic E-state index is 9.13. The van der Waals surface area contributed by atoms with Crippen molar-refractivity contribution in [1.82, 2.24) is 9.97 Å². The van der Waals surface area contributed by atoms with Gasteiger partial charge in [0.2, 0.25) is 0 Å². The maximum absolute atomic E-state index is 9.13. The van der Waals surface area contributed by atoms with E-state index in [2.05, 4.69) is 14.9 Å². The van der Waals surface area contributed by atoms with Crippen LogP contribution >= 0.6 is 11.6 Å². The highest BCUT2D eigenvalue weighted by molar-refractivity contribution is 6.30. The molecule has 1 aromatic rings. The summed E-state index contributed by atoms with van der Waals surface area (Å²) in [5, 5.41) is 9.66. The van der Waals surface area contributed by atoms with Crippen LogP contribution in [0.1, 0.15) is 24.2 Å². The summed E-state index contributed by atoms with van der Waals surface area (Å²) in [5.74, 6) is 2.09. The zero-order valence-electron chi connectivity index (χ0n) is 10.3. The molecule has 17 heavy (non-hydrogen) atoms. The van der Waals surface area contributed by atoms with Gasteiger partial charge < -0.3 is 10.0 Å². The lowest BCUT2D eigenvalue weighted by Crippen LogP contribution is -2.36. The Morgan fingerprint density at radius 3 is 2.53 bits per heavy atom. The van der Waals surface area contributed by atoms with Crippen LogP contribution in [0, 0.1) is 19.8 Å². The first-order chi connectivity index (χ1) is 8.11. The molecule has 0 aromatic carbocycles. The summed E-state index contributed by atoms with van der Waals surface area (Å²) < 4.78 is 0. The molecule has 0 aliphatic carbocycles. The normalized spacial score (nSPS) is 17.5. The molecular formula is C12H18ClN3O. The average molecular weight is 256 g/mol. The summed E-state index contributed by atoms with van der Waals surface area (Å²) in [5.41, 5.74) is 0.944. The van der Waals surface area contributed by atoms with Crippen LogP contribution in [0.15, 0.2) is 0 Å². The van der Waals surface area contributed by atoms with E-state index in [1.807, 2.05) is 13.8 Å². The van der Waals surface area contributed by atoms with Crippen molar-refractivity contribution in [3.05, 3.63) is 16.5 Å². The van der Waals surface area contributed by atoms with Crippen molar-refractivity contribution in [1.29, 1.82) is 0 Å². The van der Waals surface area contributed by atoms with Gasteiger partial charge in [-0.3, -0.25) is 0 Å². The molecule has 0 unspecified atom stereocenters. The topological polar surface area (TPSA) is 49.2 Å². The van der Waals surface area contributed by atoms with Crippen LogP contribution < -0.4 is 4.90 Å². The number of piperidine rings is 1. The Morgan fingerprint density at radius 2 is 1.94 bits per heavy atom. The van der Waals surface area contributed by atoms with Crippen molar-refractivity contribution < 1.29 is 5.11 Å². The van der Waals surface area contributed by atoms with Gasteiger partial charge in [0.15, 0.2) is 0 Å². The first-order valence-corrected chi connectivity index (χ1v) is 6.36. The van der Waals surface area contributed by atoms with Crippen LogP contribution in [0.4, 0.5) is 5.82 Å². The lowest BCUT2D eigenvalue weighted by atomic mass is 9.98. The summed E-state index contributed by atoms with van der Waals surface area (Å²) >= 11 is 6.08. The molecule has 1 fully saturated rings. The van der Waals surface area contributed by atoms with Crippen molar-refractivity contribution in [2.24, 2.45) is 5.92 Å². The number of nitrogens with zero attached hydrogens (tertiary/aromatic N) is 3. The fourth-order valence-electron chi connectivity index (χ4n) is 2.22. The minimum atomic E-state index is 0.288. The zero-order valence-corrected chi connectivity index (χ0v) is 11.0. The van der Waals surface area contributed by atoms with E-state index in [1.165, 1.54) is 0 Å². The summed E-state index contributed by atoms with van der Waals surface area (Å²) in [6.07, 6.45) is 2.02. The van der Waals surface area contributed by atoms with E-state index in [0.717, 1.165) is 37.3 Å². The van der Waals surface area contributed by atoms with Crippen LogP contribution in [-0.2, 0) is 0 Å². The predicted octanol–water partition coefficient (Wildman–Crippen LogP) is 1.96. The van der Waals surface area contributed by atoms with Gasteiger partial charge in [-0.2, -0.15) is 0 Å². The number of halogens is 1. The fraction of sp³-hybridized carbons (Fsp3) is 0.667. The van der Waals surface area contributed by atoms with Crippen molar-refractivity contribution in [3.8, 4) is 0 Å². The molecule has 0 atom stereocenters. The number of anilines is 1. The van der Waals surface area contributed by atoms with Gasteiger partial charge >= 0.3 is 0 Å². The Labute approximate surface area is 107 Å². The van der Waals surface area contributed by atoms with Crippen molar-refractivity contribution in [2.75, 3.05) is 24.6 Å². The molecule has 1 aliphatic heterocycles. The molecule has 0 saturated carbocycles. The van der Waals surface area contributed by atoms with Crippen LogP contribution in [0.2, 0.25) is 5.15 Å². The molecule has 1 saturated heterocycles. The Morgan fingerprint density at radius 1 is 1.29 bits per heavy atom. The SMILES string of the molecule is Cc1nc(Cl)c(C)c(N2CCC(CO)CC2)n1. The number of rotatable bonds is 2. The maximum Gasteiger partial charge on any atom is 0.137 e.